The number of amides is 1. The Bertz CT molecular complexity index is 995. The van der Waals surface area contributed by atoms with Gasteiger partial charge in [-0.05, 0) is 43.7 Å². The molecule has 0 saturated heterocycles. The number of rotatable bonds is 3. The lowest BCUT2D eigenvalue weighted by atomic mass is 10.2. The highest BCUT2D eigenvalue weighted by Gasteiger charge is 2.17. The number of hydrogen-bond donors (Lipinski definition) is 1. The molecule has 0 fully saturated rings. The molecule has 1 amide bonds. The Hall–Kier alpha value is -3.02. The maximum absolute atomic E-state index is 13.6. The van der Waals surface area contributed by atoms with Crippen molar-refractivity contribution >= 4 is 22.6 Å². The van der Waals surface area contributed by atoms with E-state index >= 15 is 0 Å². The highest BCUT2D eigenvalue weighted by molar-refractivity contribution is 6.03. The summed E-state index contributed by atoms with van der Waals surface area (Å²) in [5.41, 5.74) is 1.30. The molecule has 0 aliphatic rings. The zero-order chi connectivity index (χ0) is 17.3. The van der Waals surface area contributed by atoms with Gasteiger partial charge in [0.15, 0.2) is 5.69 Å². The number of aryl methyl sites for hydroxylation is 2. The smallest absolute Gasteiger partial charge is 0.282 e. The summed E-state index contributed by atoms with van der Waals surface area (Å²) in [7, 11) is 0. The fraction of sp³-hybridized carbons (Fsp3) is 0.167. The summed E-state index contributed by atoms with van der Waals surface area (Å²) in [6.45, 7) is 3.87. The summed E-state index contributed by atoms with van der Waals surface area (Å²) in [5.74, 6) is -1.08. The van der Waals surface area contributed by atoms with Gasteiger partial charge in [0.1, 0.15) is 5.82 Å². The Morgan fingerprint density at radius 3 is 2.71 bits per heavy atom. The van der Waals surface area contributed by atoms with Crippen molar-refractivity contribution < 1.29 is 9.18 Å². The second-order valence-electron chi connectivity index (χ2n) is 5.42. The van der Waals surface area contributed by atoms with Crippen molar-refractivity contribution in [3.8, 4) is 0 Å². The second kappa shape index (κ2) is 6.23. The fourth-order valence-corrected chi connectivity index (χ4v) is 2.52. The molecule has 0 atom stereocenters. The van der Waals surface area contributed by atoms with Crippen molar-refractivity contribution in [2.45, 2.75) is 20.4 Å². The Balaban J connectivity index is 2.05. The molecule has 0 radical (unpaired) electrons. The van der Waals surface area contributed by atoms with Crippen molar-refractivity contribution in [3.05, 3.63) is 69.9 Å². The maximum atomic E-state index is 13.6. The number of nitrogens with zero attached hydrogens (tertiary/aromatic N) is 2. The monoisotopic (exact) mass is 325 g/mol. The number of carbonyl (C=O) groups is 1. The number of hydrogen-bond acceptors (Lipinski definition) is 3. The maximum Gasteiger partial charge on any atom is 0.282 e. The largest absolute Gasteiger partial charge is 0.320 e. The quantitative estimate of drug-likeness (QED) is 0.805. The third-order valence-electron chi connectivity index (χ3n) is 3.81. The number of carbonyl (C=O) groups excluding carboxylic acids is 1. The first kappa shape index (κ1) is 15.9. The molecule has 1 N–H and O–H groups in total. The zero-order valence-corrected chi connectivity index (χ0v) is 13.3. The minimum Gasteiger partial charge on any atom is -0.320 e. The van der Waals surface area contributed by atoms with E-state index in [1.807, 2.05) is 13.0 Å². The molecule has 2 aromatic carbocycles. The molecule has 0 spiro atoms. The van der Waals surface area contributed by atoms with Crippen LogP contribution in [0.3, 0.4) is 0 Å². The summed E-state index contributed by atoms with van der Waals surface area (Å²) < 4.78 is 15.1. The van der Waals surface area contributed by atoms with Crippen molar-refractivity contribution in [3.63, 3.8) is 0 Å². The third kappa shape index (κ3) is 2.78. The molecular weight excluding hydrogens is 309 g/mol. The standard InChI is InChI=1S/C18H16FN3O2/c1-3-22-15-7-5-4-6-14(15)21-16(18(22)24)17(23)20-12-9-8-11(2)13(19)10-12/h4-10H,3H2,1-2H3,(H,20,23). The van der Waals surface area contributed by atoms with Crippen molar-refractivity contribution in [1.29, 1.82) is 0 Å². The Morgan fingerprint density at radius 2 is 2.00 bits per heavy atom. The summed E-state index contributed by atoms with van der Waals surface area (Å²) in [4.78, 5) is 29.1. The number of aromatic nitrogens is 2. The molecule has 0 unspecified atom stereocenters. The van der Waals surface area contributed by atoms with Gasteiger partial charge in [0, 0.05) is 12.2 Å². The zero-order valence-electron chi connectivity index (χ0n) is 13.3. The molecule has 0 aliphatic heterocycles. The molecule has 1 aromatic heterocycles. The van der Waals surface area contributed by atoms with Crippen LogP contribution in [0.25, 0.3) is 11.0 Å². The number of para-hydroxylation sites is 2. The van der Waals surface area contributed by atoms with Crippen molar-refractivity contribution in [2.24, 2.45) is 0 Å². The third-order valence-corrected chi connectivity index (χ3v) is 3.81. The second-order valence-corrected chi connectivity index (χ2v) is 5.42. The van der Waals surface area contributed by atoms with Gasteiger partial charge in [-0.3, -0.25) is 9.59 Å². The lowest BCUT2D eigenvalue weighted by Gasteiger charge is -2.10. The van der Waals surface area contributed by atoms with Gasteiger partial charge in [-0.15, -0.1) is 0 Å². The number of halogens is 1. The van der Waals surface area contributed by atoms with E-state index in [2.05, 4.69) is 10.3 Å². The molecular formula is C18H16FN3O2. The van der Waals surface area contributed by atoms with E-state index in [9.17, 15) is 14.0 Å². The van der Waals surface area contributed by atoms with E-state index < -0.39 is 17.3 Å². The SMILES string of the molecule is CCn1c(=O)c(C(=O)Nc2ccc(C)c(F)c2)nc2ccccc21. The molecule has 0 aliphatic carbocycles. The molecule has 5 nitrogen and oxygen atoms in total. The van der Waals surface area contributed by atoms with Gasteiger partial charge in [0.05, 0.1) is 11.0 Å². The molecule has 1 heterocycles. The van der Waals surface area contributed by atoms with Crippen LogP contribution in [0.1, 0.15) is 23.0 Å². The molecule has 3 rings (SSSR count). The first-order chi connectivity index (χ1) is 11.5. The topological polar surface area (TPSA) is 64.0 Å². The van der Waals surface area contributed by atoms with Gasteiger partial charge in [-0.2, -0.15) is 0 Å². The van der Waals surface area contributed by atoms with Crippen LogP contribution in [-0.4, -0.2) is 15.5 Å². The van der Waals surface area contributed by atoms with Gasteiger partial charge < -0.3 is 9.88 Å². The van der Waals surface area contributed by atoms with E-state index in [4.69, 9.17) is 0 Å². The van der Waals surface area contributed by atoms with E-state index in [-0.39, 0.29) is 11.4 Å². The molecule has 122 valence electrons. The van der Waals surface area contributed by atoms with Crippen LogP contribution in [-0.2, 0) is 6.54 Å². The van der Waals surface area contributed by atoms with Crippen molar-refractivity contribution in [2.75, 3.05) is 5.32 Å². The van der Waals surface area contributed by atoms with E-state index in [1.165, 1.54) is 10.6 Å². The van der Waals surface area contributed by atoms with Crippen LogP contribution in [0.5, 0.6) is 0 Å². The first-order valence-corrected chi connectivity index (χ1v) is 7.58. The van der Waals surface area contributed by atoms with Crippen LogP contribution in [0.4, 0.5) is 10.1 Å². The fourth-order valence-electron chi connectivity index (χ4n) is 2.52. The van der Waals surface area contributed by atoms with E-state index in [1.54, 1.807) is 37.3 Å². The number of fused-ring (bicyclic) bond motifs is 1. The van der Waals surface area contributed by atoms with E-state index in [0.29, 0.717) is 23.1 Å². The molecule has 3 aromatic rings. The van der Waals surface area contributed by atoms with Crippen LogP contribution in [0.2, 0.25) is 0 Å². The van der Waals surface area contributed by atoms with Crippen LogP contribution < -0.4 is 10.9 Å². The van der Waals surface area contributed by atoms with Crippen LogP contribution >= 0.6 is 0 Å². The summed E-state index contributed by atoms with van der Waals surface area (Å²) in [6.07, 6.45) is 0. The summed E-state index contributed by atoms with van der Waals surface area (Å²) >= 11 is 0. The molecule has 24 heavy (non-hydrogen) atoms. The molecule has 0 bridgehead atoms. The molecule has 0 saturated carbocycles. The lowest BCUT2D eigenvalue weighted by molar-refractivity contribution is 0.102. The predicted molar refractivity (Wildman–Crippen MR) is 90.8 cm³/mol. The van der Waals surface area contributed by atoms with E-state index in [0.717, 1.165) is 0 Å². The Kier molecular flexibility index (Phi) is 4.12. The van der Waals surface area contributed by atoms with Gasteiger partial charge in [0.25, 0.3) is 11.5 Å². The average molecular weight is 325 g/mol. The van der Waals surface area contributed by atoms with Gasteiger partial charge in [0.2, 0.25) is 0 Å². The normalized spacial score (nSPS) is 10.8. The van der Waals surface area contributed by atoms with Gasteiger partial charge in [-0.1, -0.05) is 18.2 Å². The van der Waals surface area contributed by atoms with Gasteiger partial charge >= 0.3 is 0 Å². The number of anilines is 1. The highest BCUT2D eigenvalue weighted by atomic mass is 19.1. The number of nitrogens with one attached hydrogen (secondary N) is 1. The predicted octanol–water partition coefficient (Wildman–Crippen LogP) is 3.12. The summed E-state index contributed by atoms with van der Waals surface area (Å²) in [5, 5.41) is 2.53. The van der Waals surface area contributed by atoms with Gasteiger partial charge in [-0.25, -0.2) is 9.37 Å². The average Bonchev–Trinajstić information content (AvgIpc) is 2.57. The van der Waals surface area contributed by atoms with Crippen LogP contribution in [0, 0.1) is 12.7 Å². The highest BCUT2D eigenvalue weighted by Crippen LogP contribution is 2.15. The lowest BCUT2D eigenvalue weighted by Crippen LogP contribution is -2.31. The Labute approximate surface area is 137 Å². The Morgan fingerprint density at radius 1 is 1.25 bits per heavy atom. The first-order valence-electron chi connectivity index (χ1n) is 7.58. The van der Waals surface area contributed by atoms with Crippen LogP contribution in [0.15, 0.2) is 47.3 Å². The summed E-state index contributed by atoms with van der Waals surface area (Å²) in [6, 6.07) is 11.5. The van der Waals surface area contributed by atoms with Crippen molar-refractivity contribution in [1.82, 2.24) is 9.55 Å². The minimum absolute atomic E-state index is 0.212. The molecule has 6 heteroatoms. The minimum atomic E-state index is -0.656. The number of benzene rings is 2.